The Labute approximate surface area is 253 Å². The van der Waals surface area contributed by atoms with Gasteiger partial charge < -0.3 is 19.7 Å². The average molecular weight is 632 g/mol. The Hall–Kier alpha value is -2.77. The van der Waals surface area contributed by atoms with Crippen LogP contribution in [0.25, 0.3) is 0 Å². The predicted molar refractivity (Wildman–Crippen MR) is 157 cm³/mol. The van der Waals surface area contributed by atoms with E-state index in [9.17, 15) is 19.2 Å². The first kappa shape index (κ1) is 32.7. The fraction of sp³-hybridized carbons (Fsp3) is 0.481. The molecule has 1 atom stereocenters. The van der Waals surface area contributed by atoms with Crippen LogP contribution in [-0.4, -0.2) is 80.8 Å². The molecule has 224 valence electrons. The molecule has 2 aromatic rings. The maximum atomic E-state index is 15.1. The SMILES string of the molecule is CCCCNCCCC(=O)N(C[C@H]1CN(c2ccc(N3CCOCC3=O)cc2F)C(=O)O1)C(=O)c1ccc(Cl)s1.Cl. The van der Waals surface area contributed by atoms with Gasteiger partial charge in [0.2, 0.25) is 5.91 Å². The number of halogens is 3. The standard InChI is InChI=1S/C27H32ClFN4O6S.ClH/c1-2-3-10-30-11-4-5-24(34)33(26(36)22-8-9-23(28)40-22)16-19-15-32(27(37)39-19)21-7-6-18(14-20(21)29)31-12-13-38-17-25(31)35;/h6-9,14,19,30H,2-5,10-13,15-17H2,1H3;1H/t19-;/m1./s1. The zero-order chi connectivity index (χ0) is 28.6. The molecule has 2 aliphatic rings. The second-order valence-electron chi connectivity index (χ2n) is 9.47. The van der Waals surface area contributed by atoms with Crippen LogP contribution in [0.1, 0.15) is 42.3 Å². The summed E-state index contributed by atoms with van der Waals surface area (Å²) in [4.78, 5) is 55.1. The summed E-state index contributed by atoms with van der Waals surface area (Å²) < 4.78 is 26.1. The number of carbonyl (C=O) groups excluding carboxylic acids is 4. The molecule has 0 saturated carbocycles. The van der Waals surface area contributed by atoms with Crippen LogP contribution in [0, 0.1) is 5.82 Å². The van der Waals surface area contributed by atoms with Gasteiger partial charge >= 0.3 is 6.09 Å². The lowest BCUT2D eigenvalue weighted by Crippen LogP contribution is -2.43. The number of benzene rings is 1. The minimum absolute atomic E-state index is 0. The van der Waals surface area contributed by atoms with E-state index in [1.165, 1.54) is 17.0 Å². The second kappa shape index (κ2) is 15.5. The van der Waals surface area contributed by atoms with Crippen molar-refractivity contribution in [2.45, 2.75) is 38.7 Å². The highest BCUT2D eigenvalue weighted by atomic mass is 35.5. The molecule has 2 saturated heterocycles. The summed E-state index contributed by atoms with van der Waals surface area (Å²) in [5, 5.41) is 3.27. The number of rotatable bonds is 12. The highest BCUT2D eigenvalue weighted by molar-refractivity contribution is 7.18. The summed E-state index contributed by atoms with van der Waals surface area (Å²) in [6.45, 7) is 3.91. The number of nitrogens with one attached hydrogen (secondary N) is 1. The molecule has 0 bridgehead atoms. The van der Waals surface area contributed by atoms with Gasteiger partial charge in [-0.15, -0.1) is 23.7 Å². The van der Waals surface area contributed by atoms with E-state index in [1.54, 1.807) is 18.2 Å². The van der Waals surface area contributed by atoms with Crippen molar-refractivity contribution >= 4 is 70.5 Å². The summed E-state index contributed by atoms with van der Waals surface area (Å²) in [5.74, 6) is -1.91. The number of thiophene rings is 1. The van der Waals surface area contributed by atoms with Gasteiger partial charge in [0.1, 0.15) is 18.5 Å². The number of cyclic esters (lactones) is 1. The smallest absolute Gasteiger partial charge is 0.414 e. The van der Waals surface area contributed by atoms with Gasteiger partial charge in [-0.25, -0.2) is 9.18 Å². The number of imide groups is 1. The van der Waals surface area contributed by atoms with Gasteiger partial charge in [0.15, 0.2) is 0 Å². The van der Waals surface area contributed by atoms with Crippen LogP contribution in [-0.2, 0) is 19.1 Å². The normalized spacial score (nSPS) is 16.9. The zero-order valence-corrected chi connectivity index (χ0v) is 25.0. The number of ether oxygens (including phenoxy) is 2. The first-order chi connectivity index (χ1) is 19.3. The van der Waals surface area contributed by atoms with Gasteiger partial charge in [0.25, 0.3) is 11.8 Å². The number of carbonyl (C=O) groups is 4. The number of amides is 4. The molecule has 3 heterocycles. The molecule has 10 nitrogen and oxygen atoms in total. The molecule has 1 aromatic heterocycles. The largest absolute Gasteiger partial charge is 0.442 e. The summed E-state index contributed by atoms with van der Waals surface area (Å²) >= 11 is 7.06. The van der Waals surface area contributed by atoms with Crippen LogP contribution >= 0.6 is 35.3 Å². The van der Waals surface area contributed by atoms with Crippen molar-refractivity contribution in [1.82, 2.24) is 10.2 Å². The fourth-order valence-electron chi connectivity index (χ4n) is 4.48. The van der Waals surface area contributed by atoms with Gasteiger partial charge in [-0.05, 0) is 56.3 Å². The van der Waals surface area contributed by atoms with Crippen LogP contribution in [0.4, 0.5) is 20.6 Å². The van der Waals surface area contributed by atoms with Crippen LogP contribution in [0.15, 0.2) is 30.3 Å². The Morgan fingerprint density at radius 1 is 1.17 bits per heavy atom. The zero-order valence-electron chi connectivity index (χ0n) is 22.6. The average Bonchev–Trinajstić information content (AvgIpc) is 3.54. The van der Waals surface area contributed by atoms with Gasteiger partial charge in [0.05, 0.1) is 34.6 Å². The highest BCUT2D eigenvalue weighted by Gasteiger charge is 2.37. The molecule has 0 aliphatic carbocycles. The monoisotopic (exact) mass is 630 g/mol. The van der Waals surface area contributed by atoms with E-state index in [4.69, 9.17) is 21.1 Å². The number of hydrogen-bond donors (Lipinski definition) is 1. The van der Waals surface area contributed by atoms with Gasteiger partial charge in [-0.3, -0.25) is 24.2 Å². The van der Waals surface area contributed by atoms with E-state index < -0.39 is 29.8 Å². The van der Waals surface area contributed by atoms with Gasteiger partial charge in [-0.1, -0.05) is 24.9 Å². The summed E-state index contributed by atoms with van der Waals surface area (Å²) in [6.07, 6.45) is 1.12. The summed E-state index contributed by atoms with van der Waals surface area (Å²) in [7, 11) is 0. The number of hydrogen-bond acceptors (Lipinski definition) is 8. The molecule has 0 radical (unpaired) electrons. The lowest BCUT2D eigenvalue weighted by atomic mass is 10.2. The molecule has 14 heteroatoms. The lowest BCUT2D eigenvalue weighted by Gasteiger charge is -2.27. The number of unbranched alkanes of at least 4 members (excludes halogenated alkanes) is 1. The highest BCUT2D eigenvalue weighted by Crippen LogP contribution is 2.30. The quantitative estimate of drug-likeness (QED) is 0.344. The van der Waals surface area contributed by atoms with Crippen molar-refractivity contribution in [2.75, 3.05) is 55.7 Å². The number of nitrogens with zero attached hydrogens (tertiary/aromatic N) is 3. The van der Waals surface area contributed by atoms with Crippen LogP contribution in [0.3, 0.4) is 0 Å². The molecular formula is C27H33Cl2FN4O6S. The molecule has 1 N–H and O–H groups in total. The van der Waals surface area contributed by atoms with E-state index in [-0.39, 0.29) is 50.1 Å². The topological polar surface area (TPSA) is 108 Å². The fourth-order valence-corrected chi connectivity index (χ4v) is 5.47. The molecular weight excluding hydrogens is 598 g/mol. The molecule has 41 heavy (non-hydrogen) atoms. The maximum absolute atomic E-state index is 15.1. The van der Waals surface area contributed by atoms with Gasteiger partial charge in [0, 0.05) is 18.7 Å². The molecule has 0 unspecified atom stereocenters. The van der Waals surface area contributed by atoms with E-state index >= 15 is 4.39 Å². The Morgan fingerprint density at radius 2 is 1.95 bits per heavy atom. The van der Waals surface area contributed by atoms with Crippen molar-refractivity contribution in [2.24, 2.45) is 0 Å². The number of anilines is 2. The van der Waals surface area contributed by atoms with E-state index in [2.05, 4.69) is 12.2 Å². The molecule has 0 spiro atoms. The molecule has 2 fully saturated rings. The Balaban J connectivity index is 0.00000462. The van der Waals surface area contributed by atoms with Crippen molar-refractivity contribution in [3.8, 4) is 0 Å². The van der Waals surface area contributed by atoms with E-state index in [0.29, 0.717) is 41.0 Å². The molecule has 2 aliphatic heterocycles. The lowest BCUT2D eigenvalue weighted by molar-refractivity contribution is -0.129. The van der Waals surface area contributed by atoms with Crippen molar-refractivity contribution < 1.29 is 33.0 Å². The first-order valence-electron chi connectivity index (χ1n) is 13.2. The van der Waals surface area contributed by atoms with E-state index in [1.807, 2.05) is 0 Å². The molecule has 4 rings (SSSR count). The number of morpholine rings is 1. The van der Waals surface area contributed by atoms with Gasteiger partial charge in [-0.2, -0.15) is 0 Å². The van der Waals surface area contributed by atoms with E-state index in [0.717, 1.165) is 40.5 Å². The third-order valence-corrected chi connectivity index (χ3v) is 7.78. The second-order valence-corrected chi connectivity index (χ2v) is 11.2. The van der Waals surface area contributed by atoms with Crippen LogP contribution in [0.2, 0.25) is 4.34 Å². The first-order valence-corrected chi connectivity index (χ1v) is 14.4. The third-order valence-electron chi connectivity index (χ3n) is 6.56. The Morgan fingerprint density at radius 3 is 2.63 bits per heavy atom. The summed E-state index contributed by atoms with van der Waals surface area (Å²) in [5.41, 5.74) is 0.337. The van der Waals surface area contributed by atoms with Crippen molar-refractivity contribution in [3.63, 3.8) is 0 Å². The Kier molecular flexibility index (Phi) is 12.3. The molecule has 1 aromatic carbocycles. The minimum atomic E-state index is -0.863. The summed E-state index contributed by atoms with van der Waals surface area (Å²) in [6, 6.07) is 7.27. The maximum Gasteiger partial charge on any atom is 0.414 e. The van der Waals surface area contributed by atoms with Crippen LogP contribution < -0.4 is 15.1 Å². The van der Waals surface area contributed by atoms with Crippen molar-refractivity contribution in [1.29, 1.82) is 0 Å². The molecule has 4 amide bonds. The third kappa shape index (κ3) is 8.39. The predicted octanol–water partition coefficient (Wildman–Crippen LogP) is 4.49. The Bertz CT molecular complexity index is 1250. The van der Waals surface area contributed by atoms with Crippen molar-refractivity contribution in [3.05, 3.63) is 45.4 Å². The minimum Gasteiger partial charge on any atom is -0.442 e. The van der Waals surface area contributed by atoms with Crippen LogP contribution in [0.5, 0.6) is 0 Å².